The number of imide groups is 1. The number of hydrogen-bond donors (Lipinski definition) is 2. The molecule has 19 nitrogen and oxygen atoms in total. The van der Waals surface area contributed by atoms with E-state index in [-0.39, 0.29) is 17.4 Å². The summed E-state index contributed by atoms with van der Waals surface area (Å²) in [5, 5.41) is 14.9. The maximum Gasteiger partial charge on any atom is 0.276 e. The third-order valence-electron chi connectivity index (χ3n) is 14.4. The topological polar surface area (TPSA) is 213 Å². The third kappa shape index (κ3) is 10.4. The average molecular weight is 1020 g/mol. The molecule has 1 saturated carbocycles. The predicted octanol–water partition coefficient (Wildman–Crippen LogP) is 6.40. The number of hydrogen-bond acceptors (Lipinski definition) is 15. The molecule has 1 unspecified atom stereocenters. The average Bonchev–Trinajstić information content (AvgIpc) is 4.22. The van der Waals surface area contributed by atoms with E-state index in [1.165, 1.54) is 37.4 Å². The number of methoxy groups -OCH3 is 1. The van der Waals surface area contributed by atoms with Gasteiger partial charge >= 0.3 is 0 Å². The SMILES string of the molecule is CCCC(C(C)=O)N1C(=O)c2ccc(N3CCN(CCc4ncc(C(=O)N5CCN(c6cc7nccc(Oc8ccc(NC(=O)C9(C(=O)Nc%10ccc(F)cc%10)CC9)cc8)c7cc6OC)CC5)nn4)CC3)cc2C1=O. The van der Waals surface area contributed by atoms with E-state index in [0.29, 0.717) is 116 Å². The van der Waals surface area contributed by atoms with Crippen LogP contribution in [0.1, 0.15) is 76.6 Å². The summed E-state index contributed by atoms with van der Waals surface area (Å²) < 4.78 is 25.5. The van der Waals surface area contributed by atoms with Crippen molar-refractivity contribution in [3.8, 4) is 17.2 Å². The highest BCUT2D eigenvalue weighted by Gasteiger charge is 2.56. The third-order valence-corrected chi connectivity index (χ3v) is 14.4. The number of ketones is 1. The van der Waals surface area contributed by atoms with Crippen molar-refractivity contribution in [2.24, 2.45) is 5.41 Å². The number of anilines is 4. The van der Waals surface area contributed by atoms with Crippen LogP contribution in [-0.2, 0) is 20.8 Å². The van der Waals surface area contributed by atoms with Gasteiger partial charge in [0.2, 0.25) is 11.8 Å². The lowest BCUT2D eigenvalue weighted by atomic mass is 10.0. The lowest BCUT2D eigenvalue weighted by Gasteiger charge is -2.36. The second-order valence-electron chi connectivity index (χ2n) is 19.2. The molecule has 386 valence electrons. The van der Waals surface area contributed by atoms with Crippen LogP contribution in [0.3, 0.4) is 0 Å². The smallest absolute Gasteiger partial charge is 0.276 e. The quantitative estimate of drug-likeness (QED) is 0.0748. The van der Waals surface area contributed by atoms with Crippen molar-refractivity contribution in [3.05, 3.63) is 126 Å². The first-order valence-corrected chi connectivity index (χ1v) is 25.2. The molecule has 3 aliphatic heterocycles. The Hall–Kier alpha value is -8.39. The van der Waals surface area contributed by atoms with Gasteiger partial charge in [-0.05, 0) is 111 Å². The Morgan fingerprint density at radius 1 is 0.747 bits per heavy atom. The predicted molar refractivity (Wildman–Crippen MR) is 277 cm³/mol. The number of amides is 5. The van der Waals surface area contributed by atoms with Gasteiger partial charge in [0.15, 0.2) is 17.3 Å². The van der Waals surface area contributed by atoms with E-state index >= 15 is 0 Å². The van der Waals surface area contributed by atoms with Gasteiger partial charge in [-0.2, -0.15) is 0 Å². The van der Waals surface area contributed by atoms with Crippen molar-refractivity contribution in [1.29, 1.82) is 0 Å². The van der Waals surface area contributed by atoms with Crippen LogP contribution in [0.15, 0.2) is 97.3 Å². The lowest BCUT2D eigenvalue weighted by Crippen LogP contribution is -2.49. The van der Waals surface area contributed by atoms with E-state index < -0.39 is 40.9 Å². The summed E-state index contributed by atoms with van der Waals surface area (Å²) in [6.45, 7) is 8.94. The Bertz CT molecular complexity index is 3170. The number of carbonyl (C=O) groups excluding carboxylic acids is 6. The van der Waals surface area contributed by atoms with Crippen LogP contribution in [0.5, 0.6) is 17.2 Å². The molecule has 2 aromatic heterocycles. The summed E-state index contributed by atoms with van der Waals surface area (Å²) in [4.78, 5) is 97.4. The Morgan fingerprint density at radius 3 is 2.04 bits per heavy atom. The van der Waals surface area contributed by atoms with Gasteiger partial charge < -0.3 is 34.8 Å². The first-order chi connectivity index (χ1) is 36.3. The molecule has 5 heterocycles. The number of benzene rings is 4. The molecule has 4 aromatic carbocycles. The molecule has 0 spiro atoms. The van der Waals surface area contributed by atoms with Gasteiger partial charge in [0.1, 0.15) is 28.5 Å². The zero-order valence-corrected chi connectivity index (χ0v) is 41.9. The number of ether oxygens (including phenoxy) is 2. The minimum absolute atomic E-state index is 0.177. The van der Waals surface area contributed by atoms with E-state index in [1.54, 1.807) is 60.7 Å². The maximum atomic E-state index is 13.6. The van der Waals surface area contributed by atoms with Crippen molar-refractivity contribution >= 4 is 69.0 Å². The fraction of sp³-hybridized carbons (Fsp3) is 0.345. The molecule has 2 saturated heterocycles. The summed E-state index contributed by atoms with van der Waals surface area (Å²) in [7, 11) is 1.60. The fourth-order valence-corrected chi connectivity index (χ4v) is 9.91. The molecule has 75 heavy (non-hydrogen) atoms. The normalized spacial score (nSPS) is 16.6. The van der Waals surface area contributed by atoms with E-state index in [9.17, 15) is 33.2 Å². The Labute approximate surface area is 432 Å². The summed E-state index contributed by atoms with van der Waals surface area (Å²) in [5.74, 6) is -0.343. The fourth-order valence-electron chi connectivity index (χ4n) is 9.91. The van der Waals surface area contributed by atoms with E-state index in [0.717, 1.165) is 47.8 Å². The number of aromatic nitrogens is 4. The molecule has 2 N–H and O–H groups in total. The number of Topliss-reactive ketones (excluding diaryl/α,β-unsaturated/α-hetero) is 1. The van der Waals surface area contributed by atoms with Crippen LogP contribution in [0.4, 0.5) is 27.1 Å². The second-order valence-corrected chi connectivity index (χ2v) is 19.2. The molecule has 3 fully saturated rings. The molecule has 4 aliphatic rings. The van der Waals surface area contributed by atoms with Crippen molar-refractivity contribution in [2.75, 3.05) is 86.4 Å². The van der Waals surface area contributed by atoms with E-state index in [1.807, 2.05) is 25.1 Å². The highest BCUT2D eigenvalue weighted by Crippen LogP contribution is 2.48. The second kappa shape index (κ2) is 21.2. The number of rotatable bonds is 17. The molecular weight excluding hydrogens is 962 g/mol. The van der Waals surface area contributed by atoms with Crippen molar-refractivity contribution in [1.82, 2.24) is 34.9 Å². The van der Waals surface area contributed by atoms with Crippen LogP contribution in [0, 0.1) is 11.2 Å². The zero-order chi connectivity index (χ0) is 52.4. The van der Waals surface area contributed by atoms with Gasteiger partial charge in [0.05, 0.1) is 41.7 Å². The number of pyridine rings is 1. The number of fused-ring (bicyclic) bond motifs is 2. The minimum atomic E-state index is -1.19. The summed E-state index contributed by atoms with van der Waals surface area (Å²) in [6, 6.07) is 22.4. The molecule has 5 amide bonds. The lowest BCUT2D eigenvalue weighted by molar-refractivity contribution is -0.131. The van der Waals surface area contributed by atoms with Gasteiger partial charge in [-0.25, -0.2) is 9.37 Å². The highest BCUT2D eigenvalue weighted by atomic mass is 19.1. The largest absolute Gasteiger partial charge is 0.495 e. The minimum Gasteiger partial charge on any atom is -0.495 e. The molecule has 20 heteroatoms. The first-order valence-electron chi connectivity index (χ1n) is 25.2. The van der Waals surface area contributed by atoms with Crippen LogP contribution in [0.25, 0.3) is 10.9 Å². The van der Waals surface area contributed by atoms with Gasteiger partial charge in [0, 0.05) is 94.0 Å². The molecule has 0 radical (unpaired) electrons. The summed E-state index contributed by atoms with van der Waals surface area (Å²) in [6.07, 6.45) is 5.63. The monoisotopic (exact) mass is 1020 g/mol. The molecule has 1 aliphatic carbocycles. The van der Waals surface area contributed by atoms with Crippen molar-refractivity contribution < 1.29 is 42.6 Å². The van der Waals surface area contributed by atoms with E-state index in [4.69, 9.17) is 9.47 Å². The number of piperazine rings is 2. The molecule has 10 rings (SSSR count). The van der Waals surface area contributed by atoms with Crippen molar-refractivity contribution in [3.63, 3.8) is 0 Å². The van der Waals surface area contributed by atoms with Gasteiger partial charge in [0.25, 0.3) is 17.7 Å². The van der Waals surface area contributed by atoms with Gasteiger partial charge in [-0.1, -0.05) is 13.3 Å². The van der Waals surface area contributed by atoms with Crippen LogP contribution < -0.4 is 29.9 Å². The number of nitrogens with zero attached hydrogens (tertiary/aromatic N) is 9. The Balaban J connectivity index is 0.690. The van der Waals surface area contributed by atoms with E-state index in [2.05, 4.69) is 45.5 Å². The first kappa shape index (κ1) is 50.2. The molecule has 0 bridgehead atoms. The molecule has 1 atom stereocenters. The van der Waals surface area contributed by atoms with Crippen LogP contribution in [0.2, 0.25) is 0 Å². The Morgan fingerprint density at radius 2 is 1.41 bits per heavy atom. The molecule has 6 aromatic rings. The van der Waals surface area contributed by atoms with Crippen molar-refractivity contribution in [2.45, 2.75) is 52.0 Å². The van der Waals surface area contributed by atoms with Crippen LogP contribution in [-0.4, -0.2) is 142 Å². The highest BCUT2D eigenvalue weighted by molar-refractivity contribution is 6.23. The zero-order valence-electron chi connectivity index (χ0n) is 41.9. The summed E-state index contributed by atoms with van der Waals surface area (Å²) in [5.41, 5.74) is 2.93. The Kier molecular flexibility index (Phi) is 14.2. The number of nitrogens with one attached hydrogen (secondary N) is 2. The number of carbonyl (C=O) groups is 6. The number of halogens is 1. The maximum absolute atomic E-state index is 13.6. The standard InChI is InChI=1S/C55H56FN11O8/c1-4-5-45(34(2)68)67-50(69)40-15-12-38(30-41(40)51(67)70)64-24-22-63(23-25-64)21-17-49-58-33-44(61-62-49)52(71)66-28-26-65(27-29-66)46-32-43-42(31-48(46)74-3)47(16-20-57-43)75-39-13-10-37(11-14-39)60-54(73)55(18-19-55)53(72)59-36-8-6-35(56)7-9-36/h6-16,20,30-33,45H,4-5,17-19,21-29H2,1-3H3,(H,59,72)(H,60,73). The molecular formula is C55H56FN11O8. The van der Waals surface area contributed by atoms with Crippen LogP contribution >= 0.6 is 0 Å². The van der Waals surface area contributed by atoms with Gasteiger partial charge in [-0.3, -0.25) is 43.6 Å². The summed E-state index contributed by atoms with van der Waals surface area (Å²) >= 11 is 0. The van der Waals surface area contributed by atoms with Gasteiger partial charge in [-0.15, -0.1) is 10.2 Å².